The van der Waals surface area contributed by atoms with Crippen molar-refractivity contribution in [2.24, 2.45) is 0 Å². The van der Waals surface area contributed by atoms with Gasteiger partial charge in [0.05, 0.1) is 0 Å². The van der Waals surface area contributed by atoms with E-state index in [1.54, 1.807) is 0 Å². The summed E-state index contributed by atoms with van der Waals surface area (Å²) in [5.41, 5.74) is 2.60. The van der Waals surface area contributed by atoms with Crippen LogP contribution in [-0.4, -0.2) is 18.7 Å². The lowest BCUT2D eigenvalue weighted by Gasteiger charge is -2.29. The molecule has 0 aliphatic carbocycles. The van der Waals surface area contributed by atoms with Crippen LogP contribution in [0.5, 0.6) is 5.75 Å². The third-order valence-electron chi connectivity index (χ3n) is 3.66. The molecule has 1 heterocycles. The van der Waals surface area contributed by atoms with Crippen molar-refractivity contribution in [3.63, 3.8) is 0 Å². The van der Waals surface area contributed by atoms with Crippen molar-refractivity contribution >= 4 is 0 Å². The van der Waals surface area contributed by atoms with Gasteiger partial charge in [0.15, 0.2) is 0 Å². The van der Waals surface area contributed by atoms with Crippen LogP contribution in [-0.2, 0) is 0 Å². The van der Waals surface area contributed by atoms with Crippen molar-refractivity contribution in [3.8, 4) is 5.75 Å². The van der Waals surface area contributed by atoms with E-state index in [1.807, 2.05) is 0 Å². The molecule has 1 N–H and O–H groups in total. The molecule has 1 saturated heterocycles. The molecule has 0 saturated carbocycles. The Balaban J connectivity index is 2.14. The normalized spacial score (nSPS) is 24.3. The van der Waals surface area contributed by atoms with Crippen molar-refractivity contribution in [2.75, 3.05) is 6.54 Å². The molecule has 1 fully saturated rings. The quantitative estimate of drug-likeness (QED) is 0.880. The average molecular weight is 247 g/mol. The van der Waals surface area contributed by atoms with Gasteiger partial charge >= 0.3 is 0 Å². The number of hydrogen-bond acceptors (Lipinski definition) is 2. The van der Waals surface area contributed by atoms with Crippen LogP contribution >= 0.6 is 0 Å². The molecule has 2 heteroatoms. The second kappa shape index (κ2) is 5.75. The summed E-state index contributed by atoms with van der Waals surface area (Å²) >= 11 is 0. The maximum Gasteiger partial charge on any atom is 0.123 e. The van der Waals surface area contributed by atoms with Gasteiger partial charge in [0, 0.05) is 6.04 Å². The van der Waals surface area contributed by atoms with Gasteiger partial charge in [-0.2, -0.15) is 0 Å². The topological polar surface area (TPSA) is 21.3 Å². The molecule has 0 aromatic heterocycles. The zero-order valence-corrected chi connectivity index (χ0v) is 12.0. The van der Waals surface area contributed by atoms with E-state index >= 15 is 0 Å². The number of benzene rings is 1. The lowest BCUT2D eigenvalue weighted by molar-refractivity contribution is 0.142. The molecular formula is C16H25NO. The van der Waals surface area contributed by atoms with Gasteiger partial charge in [-0.1, -0.05) is 26.0 Å². The molecule has 0 spiro atoms. The lowest BCUT2D eigenvalue weighted by Crippen LogP contribution is -2.40. The zero-order chi connectivity index (χ0) is 13.1. The van der Waals surface area contributed by atoms with E-state index in [0.717, 1.165) is 25.1 Å². The van der Waals surface area contributed by atoms with Gasteiger partial charge in [-0.25, -0.2) is 0 Å². The minimum atomic E-state index is 0.362. The van der Waals surface area contributed by atoms with Gasteiger partial charge in [0.1, 0.15) is 11.9 Å². The van der Waals surface area contributed by atoms with Crippen LogP contribution in [0, 0.1) is 6.92 Å². The van der Waals surface area contributed by atoms with Crippen LogP contribution in [0.25, 0.3) is 0 Å². The summed E-state index contributed by atoms with van der Waals surface area (Å²) in [5, 5.41) is 3.47. The van der Waals surface area contributed by atoms with Crippen molar-refractivity contribution in [1.82, 2.24) is 5.32 Å². The van der Waals surface area contributed by atoms with Crippen molar-refractivity contribution in [2.45, 2.75) is 58.6 Å². The molecule has 1 aliphatic rings. The predicted octanol–water partition coefficient (Wildman–Crippen LogP) is 3.64. The minimum absolute atomic E-state index is 0.362. The lowest BCUT2D eigenvalue weighted by atomic mass is 9.99. The van der Waals surface area contributed by atoms with Crippen LogP contribution in [0.1, 0.15) is 50.7 Å². The first-order chi connectivity index (χ1) is 8.56. The van der Waals surface area contributed by atoms with Gasteiger partial charge < -0.3 is 10.1 Å². The maximum atomic E-state index is 6.26. The molecule has 2 atom stereocenters. The Morgan fingerprint density at radius 3 is 2.78 bits per heavy atom. The summed E-state index contributed by atoms with van der Waals surface area (Å²) in [6.07, 6.45) is 2.57. The highest BCUT2D eigenvalue weighted by Gasteiger charge is 2.21. The van der Waals surface area contributed by atoms with Crippen LogP contribution in [0.15, 0.2) is 18.2 Å². The minimum Gasteiger partial charge on any atom is -0.490 e. The SMILES string of the molecule is Cc1ccc(C(C)C)c(OC2CCNC(C)C2)c1. The Bertz CT molecular complexity index is 400. The third-order valence-corrected chi connectivity index (χ3v) is 3.66. The Morgan fingerprint density at radius 1 is 1.33 bits per heavy atom. The molecule has 0 amide bonds. The number of nitrogens with one attached hydrogen (secondary N) is 1. The molecule has 1 aromatic rings. The summed E-state index contributed by atoms with van der Waals surface area (Å²) in [6.45, 7) is 9.87. The fourth-order valence-electron chi connectivity index (χ4n) is 2.59. The van der Waals surface area contributed by atoms with E-state index in [0.29, 0.717) is 18.1 Å². The largest absolute Gasteiger partial charge is 0.490 e. The summed E-state index contributed by atoms with van der Waals surface area (Å²) < 4.78 is 6.26. The summed E-state index contributed by atoms with van der Waals surface area (Å²) in [6, 6.07) is 7.13. The average Bonchev–Trinajstić information content (AvgIpc) is 2.28. The smallest absolute Gasteiger partial charge is 0.123 e. The molecule has 1 aromatic carbocycles. The van der Waals surface area contributed by atoms with Crippen LogP contribution in [0.4, 0.5) is 0 Å². The molecule has 2 rings (SSSR count). The van der Waals surface area contributed by atoms with E-state index in [9.17, 15) is 0 Å². The van der Waals surface area contributed by atoms with E-state index in [1.165, 1.54) is 11.1 Å². The predicted molar refractivity (Wildman–Crippen MR) is 76.4 cm³/mol. The molecule has 0 radical (unpaired) electrons. The molecular weight excluding hydrogens is 222 g/mol. The molecule has 0 bridgehead atoms. The Morgan fingerprint density at radius 2 is 2.11 bits per heavy atom. The highest BCUT2D eigenvalue weighted by molar-refractivity contribution is 5.39. The Hall–Kier alpha value is -1.02. The molecule has 1 aliphatic heterocycles. The van der Waals surface area contributed by atoms with Gasteiger partial charge in [-0.3, -0.25) is 0 Å². The Kier molecular flexibility index (Phi) is 4.28. The number of ether oxygens (including phenoxy) is 1. The fraction of sp³-hybridized carbons (Fsp3) is 0.625. The highest BCUT2D eigenvalue weighted by atomic mass is 16.5. The number of aryl methyl sites for hydroxylation is 1. The van der Waals surface area contributed by atoms with Crippen molar-refractivity contribution in [1.29, 1.82) is 0 Å². The first-order valence-electron chi connectivity index (χ1n) is 7.07. The van der Waals surface area contributed by atoms with Crippen LogP contribution in [0.3, 0.4) is 0 Å². The van der Waals surface area contributed by atoms with Gasteiger partial charge in [0.2, 0.25) is 0 Å². The molecule has 2 nitrogen and oxygen atoms in total. The van der Waals surface area contributed by atoms with E-state index in [2.05, 4.69) is 51.2 Å². The zero-order valence-electron chi connectivity index (χ0n) is 12.0. The van der Waals surface area contributed by atoms with E-state index in [-0.39, 0.29) is 0 Å². The van der Waals surface area contributed by atoms with E-state index in [4.69, 9.17) is 4.74 Å². The van der Waals surface area contributed by atoms with Crippen LogP contribution in [0.2, 0.25) is 0 Å². The monoisotopic (exact) mass is 247 g/mol. The second-order valence-corrected chi connectivity index (χ2v) is 5.82. The summed E-state index contributed by atoms with van der Waals surface area (Å²) in [4.78, 5) is 0. The molecule has 18 heavy (non-hydrogen) atoms. The van der Waals surface area contributed by atoms with Crippen molar-refractivity contribution < 1.29 is 4.74 Å². The first kappa shape index (κ1) is 13.4. The van der Waals surface area contributed by atoms with Gasteiger partial charge in [0.25, 0.3) is 0 Å². The highest BCUT2D eigenvalue weighted by Crippen LogP contribution is 2.29. The molecule has 100 valence electrons. The number of rotatable bonds is 3. The standard InChI is InChI=1S/C16H25NO/c1-11(2)15-6-5-12(3)9-16(15)18-14-7-8-17-13(4)10-14/h5-6,9,11,13-14,17H,7-8,10H2,1-4H3. The summed E-state index contributed by atoms with van der Waals surface area (Å²) in [5.74, 6) is 1.60. The summed E-state index contributed by atoms with van der Waals surface area (Å²) in [7, 11) is 0. The number of hydrogen-bond donors (Lipinski definition) is 1. The van der Waals surface area contributed by atoms with E-state index < -0.39 is 0 Å². The second-order valence-electron chi connectivity index (χ2n) is 5.82. The fourth-order valence-corrected chi connectivity index (χ4v) is 2.59. The Labute approximate surface area is 111 Å². The van der Waals surface area contributed by atoms with Crippen LogP contribution < -0.4 is 10.1 Å². The number of piperidine rings is 1. The van der Waals surface area contributed by atoms with Crippen molar-refractivity contribution in [3.05, 3.63) is 29.3 Å². The first-order valence-corrected chi connectivity index (χ1v) is 7.07. The van der Waals surface area contributed by atoms with Gasteiger partial charge in [-0.15, -0.1) is 0 Å². The molecule has 2 unspecified atom stereocenters. The van der Waals surface area contributed by atoms with Gasteiger partial charge in [-0.05, 0) is 56.3 Å². The third kappa shape index (κ3) is 3.26. The maximum absolute atomic E-state index is 6.26.